The molecule has 0 saturated carbocycles. The van der Waals surface area contributed by atoms with Crippen molar-refractivity contribution in [1.29, 1.82) is 0 Å². The standard InChI is InChI=1S/C30H30O11P2/c31-29-27(21-35-42(33,38-23-13-5-1-6-14-23)39-24-15-7-2-8-16-24)37-28(30(29)32)22-36-43(34,40-25-17-9-3-10-18-25)41-26-19-11-4-12-20-26/h1-20,27-32H,21-22H2/t27-,28+,29-,30-/m1/s1. The van der Waals surface area contributed by atoms with Crippen LogP contribution in [0, 0.1) is 0 Å². The van der Waals surface area contributed by atoms with Crippen LogP contribution >= 0.6 is 15.6 Å². The Balaban J connectivity index is 1.25. The lowest BCUT2D eigenvalue weighted by Gasteiger charge is -2.22. The lowest BCUT2D eigenvalue weighted by molar-refractivity contribution is -0.0369. The molecule has 43 heavy (non-hydrogen) atoms. The molecule has 0 amide bonds. The molecular formula is C30H30O11P2. The van der Waals surface area contributed by atoms with Gasteiger partial charge in [-0.1, -0.05) is 72.8 Å². The maximum absolute atomic E-state index is 13.6. The number of hydrogen-bond donors (Lipinski definition) is 2. The molecule has 1 fully saturated rings. The van der Waals surface area contributed by atoms with E-state index < -0.39 is 53.3 Å². The van der Waals surface area contributed by atoms with Crippen LogP contribution in [0.1, 0.15) is 0 Å². The molecule has 1 aliphatic rings. The Morgan fingerprint density at radius 2 is 0.744 bits per heavy atom. The molecular weight excluding hydrogens is 598 g/mol. The van der Waals surface area contributed by atoms with Gasteiger partial charge in [-0.3, -0.25) is 9.05 Å². The number of ether oxygens (including phenoxy) is 1. The van der Waals surface area contributed by atoms with Crippen molar-refractivity contribution in [3.05, 3.63) is 121 Å². The van der Waals surface area contributed by atoms with Gasteiger partial charge >= 0.3 is 15.6 Å². The summed E-state index contributed by atoms with van der Waals surface area (Å²) >= 11 is 0. The Labute approximate surface area is 248 Å². The summed E-state index contributed by atoms with van der Waals surface area (Å²) in [6.07, 6.45) is -5.28. The number of phosphoric acid groups is 2. The Kier molecular flexibility index (Phi) is 10.2. The maximum atomic E-state index is 13.6. The minimum absolute atomic E-state index is 0.230. The molecule has 4 aromatic carbocycles. The molecule has 0 aromatic heterocycles. The highest BCUT2D eigenvalue weighted by Gasteiger charge is 2.46. The van der Waals surface area contributed by atoms with E-state index in [1.807, 2.05) is 0 Å². The second-order valence-corrected chi connectivity index (χ2v) is 12.3. The molecule has 0 bridgehead atoms. The Morgan fingerprint density at radius 3 is 1.00 bits per heavy atom. The lowest BCUT2D eigenvalue weighted by atomic mass is 10.1. The fourth-order valence-electron chi connectivity index (χ4n) is 4.02. The van der Waals surface area contributed by atoms with Gasteiger partial charge in [0.2, 0.25) is 0 Å². The third-order valence-corrected chi connectivity index (χ3v) is 8.77. The summed E-state index contributed by atoms with van der Waals surface area (Å²) in [6.45, 7) is -0.964. The van der Waals surface area contributed by atoms with Gasteiger partial charge < -0.3 is 33.0 Å². The van der Waals surface area contributed by atoms with E-state index in [4.69, 9.17) is 31.9 Å². The maximum Gasteiger partial charge on any atom is 0.587 e. The van der Waals surface area contributed by atoms with Crippen LogP contribution in [-0.4, -0.2) is 47.8 Å². The van der Waals surface area contributed by atoms with Gasteiger partial charge in [-0.25, -0.2) is 9.13 Å². The SMILES string of the molecule is O=P(OC[C@@H]1O[C@H](COP(=O)(Oc2ccccc2)Oc2ccccc2)[C@@H](O)[C@@H]1O)(Oc1ccccc1)Oc1ccccc1. The van der Waals surface area contributed by atoms with E-state index in [1.54, 1.807) is 121 Å². The molecule has 0 aliphatic carbocycles. The molecule has 13 heteroatoms. The quantitative estimate of drug-likeness (QED) is 0.158. The predicted molar refractivity (Wildman–Crippen MR) is 156 cm³/mol. The van der Waals surface area contributed by atoms with Gasteiger partial charge in [0.1, 0.15) is 47.4 Å². The summed E-state index contributed by atoms with van der Waals surface area (Å²) in [5, 5.41) is 21.4. The van der Waals surface area contributed by atoms with Crippen molar-refractivity contribution in [1.82, 2.24) is 0 Å². The van der Waals surface area contributed by atoms with Crippen LogP contribution in [0.5, 0.6) is 23.0 Å². The van der Waals surface area contributed by atoms with E-state index in [1.165, 1.54) is 0 Å². The third kappa shape index (κ3) is 8.69. The van der Waals surface area contributed by atoms with Gasteiger partial charge in [-0.15, -0.1) is 0 Å². The van der Waals surface area contributed by atoms with E-state index in [2.05, 4.69) is 0 Å². The molecule has 1 aliphatic heterocycles. The first-order chi connectivity index (χ1) is 20.8. The van der Waals surface area contributed by atoms with Crippen LogP contribution < -0.4 is 18.1 Å². The van der Waals surface area contributed by atoms with Crippen molar-refractivity contribution in [2.24, 2.45) is 0 Å². The normalized spacial score (nSPS) is 20.3. The highest BCUT2D eigenvalue weighted by atomic mass is 31.2. The molecule has 1 saturated heterocycles. The molecule has 5 rings (SSSR count). The third-order valence-electron chi connectivity index (χ3n) is 6.10. The summed E-state index contributed by atoms with van der Waals surface area (Å²) in [5.74, 6) is 0.921. The first-order valence-electron chi connectivity index (χ1n) is 13.3. The highest BCUT2D eigenvalue weighted by molar-refractivity contribution is 7.49. The molecule has 11 nitrogen and oxygen atoms in total. The Hall–Kier alpha value is -3.66. The fraction of sp³-hybridized carbons (Fsp3) is 0.200. The molecule has 1 heterocycles. The summed E-state index contributed by atoms with van der Waals surface area (Å²) in [4.78, 5) is 0. The average molecular weight is 629 g/mol. The van der Waals surface area contributed by atoms with Crippen LogP contribution in [0.25, 0.3) is 0 Å². The van der Waals surface area contributed by atoms with E-state index >= 15 is 0 Å². The second kappa shape index (κ2) is 14.2. The zero-order chi connectivity index (χ0) is 30.1. The summed E-state index contributed by atoms with van der Waals surface area (Å²) in [6, 6.07) is 33.2. The lowest BCUT2D eigenvalue weighted by Crippen LogP contribution is -2.35. The number of phosphoric ester groups is 2. The highest BCUT2D eigenvalue weighted by Crippen LogP contribution is 2.51. The van der Waals surface area contributed by atoms with Crippen molar-refractivity contribution in [2.75, 3.05) is 13.2 Å². The molecule has 4 atom stereocenters. The number of hydrogen-bond acceptors (Lipinski definition) is 11. The fourth-order valence-corrected chi connectivity index (χ4v) is 6.48. The molecule has 0 radical (unpaired) electrons. The average Bonchev–Trinajstić information content (AvgIpc) is 3.29. The smallest absolute Gasteiger partial charge is 0.395 e. The number of benzene rings is 4. The van der Waals surface area contributed by atoms with Gasteiger partial charge in [0, 0.05) is 0 Å². The number of para-hydroxylation sites is 4. The van der Waals surface area contributed by atoms with E-state index in [-0.39, 0.29) is 23.0 Å². The minimum Gasteiger partial charge on any atom is -0.395 e. The first kappa shape index (κ1) is 30.8. The molecule has 4 aromatic rings. The number of aliphatic hydroxyl groups excluding tert-OH is 2. The monoisotopic (exact) mass is 628 g/mol. The Bertz CT molecular complexity index is 1300. The zero-order valence-electron chi connectivity index (χ0n) is 22.7. The van der Waals surface area contributed by atoms with E-state index in [0.717, 1.165) is 0 Å². The zero-order valence-corrected chi connectivity index (χ0v) is 24.5. The van der Waals surface area contributed by atoms with Crippen LogP contribution in [0.3, 0.4) is 0 Å². The topological polar surface area (TPSA) is 139 Å². The Morgan fingerprint density at radius 1 is 0.488 bits per heavy atom. The van der Waals surface area contributed by atoms with Crippen molar-refractivity contribution >= 4 is 15.6 Å². The van der Waals surface area contributed by atoms with Gasteiger partial charge in [0.25, 0.3) is 0 Å². The van der Waals surface area contributed by atoms with Crippen molar-refractivity contribution < 1.29 is 51.2 Å². The second-order valence-electron chi connectivity index (χ2n) is 9.30. The van der Waals surface area contributed by atoms with Gasteiger partial charge in [0.05, 0.1) is 13.2 Å². The van der Waals surface area contributed by atoms with Crippen LogP contribution in [0.2, 0.25) is 0 Å². The number of rotatable bonds is 14. The summed E-state index contributed by atoms with van der Waals surface area (Å²) < 4.78 is 66.4. The van der Waals surface area contributed by atoms with Crippen molar-refractivity contribution in [2.45, 2.75) is 24.4 Å². The largest absolute Gasteiger partial charge is 0.587 e. The van der Waals surface area contributed by atoms with Crippen molar-refractivity contribution in [3.63, 3.8) is 0 Å². The van der Waals surface area contributed by atoms with Crippen LogP contribution in [0.4, 0.5) is 0 Å². The van der Waals surface area contributed by atoms with Crippen LogP contribution in [-0.2, 0) is 22.9 Å². The van der Waals surface area contributed by atoms with Crippen LogP contribution in [0.15, 0.2) is 121 Å². The first-order valence-corrected chi connectivity index (χ1v) is 16.2. The summed E-state index contributed by atoms with van der Waals surface area (Å²) in [5.41, 5.74) is 0. The van der Waals surface area contributed by atoms with Gasteiger partial charge in [-0.2, -0.15) is 0 Å². The van der Waals surface area contributed by atoms with Gasteiger partial charge in [0.15, 0.2) is 0 Å². The molecule has 2 N–H and O–H groups in total. The minimum atomic E-state index is -4.29. The number of aliphatic hydroxyl groups is 2. The molecule has 226 valence electrons. The molecule has 0 unspecified atom stereocenters. The predicted octanol–water partition coefficient (Wildman–Crippen LogP) is 6.04. The molecule has 0 spiro atoms. The summed E-state index contributed by atoms with van der Waals surface area (Å²) in [7, 11) is -8.58. The van der Waals surface area contributed by atoms with E-state index in [9.17, 15) is 19.3 Å². The van der Waals surface area contributed by atoms with Crippen molar-refractivity contribution in [3.8, 4) is 23.0 Å². The van der Waals surface area contributed by atoms with E-state index in [0.29, 0.717) is 0 Å². The van der Waals surface area contributed by atoms with Gasteiger partial charge in [-0.05, 0) is 48.5 Å².